The van der Waals surface area contributed by atoms with E-state index in [0.717, 1.165) is 6.07 Å². The highest BCUT2D eigenvalue weighted by molar-refractivity contribution is 6.32. The molecule has 110 valence electrons. The van der Waals surface area contributed by atoms with E-state index in [9.17, 15) is 9.18 Å². The number of carbonyl (C=O) groups excluding carboxylic acids is 1. The molecule has 1 amide bonds. The summed E-state index contributed by atoms with van der Waals surface area (Å²) in [6.07, 6.45) is 0. The number of hydrogen-bond donors (Lipinski definition) is 2. The second-order valence-electron chi connectivity index (χ2n) is 4.14. The topological polar surface area (TPSA) is 64.3 Å². The van der Waals surface area contributed by atoms with Crippen molar-refractivity contribution in [3.8, 4) is 5.75 Å². The molecule has 3 N–H and O–H groups in total. The van der Waals surface area contributed by atoms with Crippen LogP contribution in [0.4, 0.5) is 15.8 Å². The Balaban J connectivity index is 1.97. The van der Waals surface area contributed by atoms with E-state index in [4.69, 9.17) is 33.7 Å². The Morgan fingerprint density at radius 1 is 1.24 bits per heavy atom. The molecule has 0 heterocycles. The highest BCUT2D eigenvalue weighted by atomic mass is 35.5. The number of halogens is 3. The first-order valence-corrected chi connectivity index (χ1v) is 6.64. The quantitative estimate of drug-likeness (QED) is 0.840. The first-order chi connectivity index (χ1) is 9.95. The van der Waals surface area contributed by atoms with Crippen molar-refractivity contribution in [3.05, 3.63) is 52.3 Å². The van der Waals surface area contributed by atoms with Crippen molar-refractivity contribution in [1.82, 2.24) is 0 Å². The van der Waals surface area contributed by atoms with E-state index >= 15 is 0 Å². The van der Waals surface area contributed by atoms with Crippen LogP contribution < -0.4 is 15.8 Å². The zero-order chi connectivity index (χ0) is 15.4. The molecule has 0 radical (unpaired) electrons. The van der Waals surface area contributed by atoms with Gasteiger partial charge in [-0.3, -0.25) is 4.79 Å². The van der Waals surface area contributed by atoms with E-state index in [1.807, 2.05) is 0 Å². The first-order valence-electron chi connectivity index (χ1n) is 5.88. The minimum atomic E-state index is -0.483. The zero-order valence-electron chi connectivity index (χ0n) is 10.7. The lowest BCUT2D eigenvalue weighted by molar-refractivity contribution is -0.118. The van der Waals surface area contributed by atoms with Gasteiger partial charge in [0, 0.05) is 5.02 Å². The molecule has 21 heavy (non-hydrogen) atoms. The van der Waals surface area contributed by atoms with Crippen LogP contribution in [-0.2, 0) is 4.79 Å². The Bertz CT molecular complexity index is 680. The number of ether oxygens (including phenoxy) is 1. The van der Waals surface area contributed by atoms with E-state index < -0.39 is 11.7 Å². The van der Waals surface area contributed by atoms with Crippen LogP contribution in [0.1, 0.15) is 0 Å². The molecule has 0 spiro atoms. The van der Waals surface area contributed by atoms with Gasteiger partial charge in [0.25, 0.3) is 5.91 Å². The molecule has 0 aliphatic heterocycles. The number of anilines is 2. The van der Waals surface area contributed by atoms with Gasteiger partial charge < -0.3 is 15.8 Å². The summed E-state index contributed by atoms with van der Waals surface area (Å²) < 4.78 is 18.1. The summed E-state index contributed by atoms with van der Waals surface area (Å²) in [6.45, 7) is -0.294. The van der Waals surface area contributed by atoms with Gasteiger partial charge in [-0.2, -0.15) is 0 Å². The summed E-state index contributed by atoms with van der Waals surface area (Å²) in [4.78, 5) is 11.8. The van der Waals surface area contributed by atoms with Gasteiger partial charge in [0.2, 0.25) is 0 Å². The molecule has 2 aromatic rings. The molecule has 0 aliphatic carbocycles. The number of carbonyl (C=O) groups is 1. The maximum Gasteiger partial charge on any atom is 0.262 e. The van der Waals surface area contributed by atoms with Gasteiger partial charge in [-0.25, -0.2) is 4.39 Å². The predicted octanol–water partition coefficient (Wildman–Crippen LogP) is 3.73. The van der Waals surface area contributed by atoms with Crippen LogP contribution >= 0.6 is 23.2 Å². The molecule has 0 aromatic heterocycles. The van der Waals surface area contributed by atoms with Crippen LogP contribution in [0, 0.1) is 5.82 Å². The lowest BCUT2D eigenvalue weighted by Crippen LogP contribution is -2.20. The molecule has 0 bridgehead atoms. The molecule has 2 rings (SSSR count). The third kappa shape index (κ3) is 4.24. The summed E-state index contributed by atoms with van der Waals surface area (Å²) in [7, 11) is 0. The maximum atomic E-state index is 12.9. The minimum absolute atomic E-state index is 0.0880. The van der Waals surface area contributed by atoms with Crippen molar-refractivity contribution in [3.63, 3.8) is 0 Å². The fourth-order valence-electron chi connectivity index (χ4n) is 1.56. The average molecular weight is 329 g/mol. The third-order valence-electron chi connectivity index (χ3n) is 2.54. The van der Waals surface area contributed by atoms with Gasteiger partial charge in [0.1, 0.15) is 11.6 Å². The Labute approximate surface area is 130 Å². The van der Waals surface area contributed by atoms with Crippen molar-refractivity contribution in [1.29, 1.82) is 0 Å². The number of hydrogen-bond acceptors (Lipinski definition) is 3. The van der Waals surface area contributed by atoms with Gasteiger partial charge in [-0.05, 0) is 36.4 Å². The number of nitrogens with one attached hydrogen (secondary N) is 1. The Kier molecular flexibility index (Phi) is 4.88. The van der Waals surface area contributed by atoms with Crippen LogP contribution in [0.25, 0.3) is 0 Å². The fraction of sp³-hybridized carbons (Fsp3) is 0.0714. The lowest BCUT2D eigenvalue weighted by Gasteiger charge is -2.10. The highest BCUT2D eigenvalue weighted by Crippen LogP contribution is 2.25. The largest absolute Gasteiger partial charge is 0.482 e. The van der Waals surface area contributed by atoms with E-state index in [1.165, 1.54) is 18.2 Å². The van der Waals surface area contributed by atoms with Gasteiger partial charge in [0.05, 0.1) is 16.4 Å². The van der Waals surface area contributed by atoms with Crippen LogP contribution in [-0.4, -0.2) is 12.5 Å². The third-order valence-corrected chi connectivity index (χ3v) is 3.07. The predicted molar refractivity (Wildman–Crippen MR) is 81.4 cm³/mol. The van der Waals surface area contributed by atoms with Crippen molar-refractivity contribution >= 4 is 40.5 Å². The number of nitrogen functional groups attached to an aromatic ring is 1. The average Bonchev–Trinajstić information content (AvgIpc) is 2.42. The normalized spacial score (nSPS) is 10.2. The summed E-state index contributed by atoms with van der Waals surface area (Å²) in [5, 5.41) is 3.10. The summed E-state index contributed by atoms with van der Waals surface area (Å²) >= 11 is 11.6. The molecular weight excluding hydrogens is 318 g/mol. The molecule has 2 aromatic carbocycles. The molecule has 0 saturated carbocycles. The zero-order valence-corrected chi connectivity index (χ0v) is 12.2. The van der Waals surface area contributed by atoms with Crippen LogP contribution in [0.5, 0.6) is 5.75 Å². The van der Waals surface area contributed by atoms with Crippen LogP contribution in [0.15, 0.2) is 36.4 Å². The van der Waals surface area contributed by atoms with Gasteiger partial charge in [-0.1, -0.05) is 23.2 Å². The van der Waals surface area contributed by atoms with Crippen LogP contribution in [0.3, 0.4) is 0 Å². The van der Waals surface area contributed by atoms with Gasteiger partial charge in [0.15, 0.2) is 6.61 Å². The summed E-state index contributed by atoms with van der Waals surface area (Å²) in [6, 6.07) is 8.35. The second-order valence-corrected chi connectivity index (χ2v) is 4.99. The summed E-state index contributed by atoms with van der Waals surface area (Å²) in [5.41, 5.74) is 6.48. The first kappa shape index (κ1) is 15.4. The van der Waals surface area contributed by atoms with Gasteiger partial charge >= 0.3 is 0 Å². The Hall–Kier alpha value is -1.98. The van der Waals surface area contributed by atoms with Crippen LogP contribution in [0.2, 0.25) is 10.0 Å². The summed E-state index contributed by atoms with van der Waals surface area (Å²) in [5.74, 6) is -0.708. The Morgan fingerprint density at radius 3 is 2.71 bits per heavy atom. The van der Waals surface area contributed by atoms with E-state index in [0.29, 0.717) is 16.4 Å². The SMILES string of the molecule is Nc1ccc(Cl)cc1NC(=O)COc1ccc(F)cc1Cl. The number of amides is 1. The monoisotopic (exact) mass is 328 g/mol. The molecule has 0 atom stereocenters. The lowest BCUT2D eigenvalue weighted by atomic mass is 10.2. The molecule has 0 aliphatic rings. The minimum Gasteiger partial charge on any atom is -0.482 e. The highest BCUT2D eigenvalue weighted by Gasteiger charge is 2.09. The second kappa shape index (κ2) is 6.65. The van der Waals surface area contributed by atoms with E-state index in [-0.39, 0.29) is 17.4 Å². The van der Waals surface area contributed by atoms with Crippen molar-refractivity contribution in [2.24, 2.45) is 0 Å². The van der Waals surface area contributed by atoms with Crippen molar-refractivity contribution in [2.75, 3.05) is 17.7 Å². The number of nitrogens with two attached hydrogens (primary N) is 1. The standard InChI is InChI=1S/C14H11Cl2FN2O2/c15-8-1-3-11(18)12(5-8)19-14(20)7-21-13-4-2-9(17)6-10(13)16/h1-6H,7,18H2,(H,19,20). The number of benzene rings is 2. The molecule has 0 saturated heterocycles. The smallest absolute Gasteiger partial charge is 0.262 e. The fourth-order valence-corrected chi connectivity index (χ4v) is 1.95. The van der Waals surface area contributed by atoms with E-state index in [1.54, 1.807) is 12.1 Å². The number of rotatable bonds is 4. The molecule has 4 nitrogen and oxygen atoms in total. The van der Waals surface area contributed by atoms with E-state index in [2.05, 4.69) is 5.32 Å². The maximum absolute atomic E-state index is 12.9. The van der Waals surface area contributed by atoms with Crippen molar-refractivity contribution < 1.29 is 13.9 Å². The molecule has 0 unspecified atom stereocenters. The Morgan fingerprint density at radius 2 is 2.00 bits per heavy atom. The molecular formula is C14H11Cl2FN2O2. The van der Waals surface area contributed by atoms with Gasteiger partial charge in [-0.15, -0.1) is 0 Å². The van der Waals surface area contributed by atoms with Crippen molar-refractivity contribution in [2.45, 2.75) is 0 Å². The molecule has 7 heteroatoms. The molecule has 0 fully saturated rings.